The van der Waals surface area contributed by atoms with Crippen molar-refractivity contribution in [3.63, 3.8) is 0 Å². The molecule has 3 aromatic carbocycles. The topological polar surface area (TPSA) is 341 Å². The second kappa shape index (κ2) is 34.1. The molecular formula is C79H95N17O11S. The van der Waals surface area contributed by atoms with E-state index in [0.29, 0.717) is 103 Å². The number of aliphatic hydroxyl groups is 3. The van der Waals surface area contributed by atoms with Crippen LogP contribution in [0.2, 0.25) is 0 Å². The lowest BCUT2D eigenvalue weighted by Crippen LogP contribution is -2.52. The Morgan fingerprint density at radius 1 is 0.556 bits per heavy atom. The van der Waals surface area contributed by atoms with Crippen LogP contribution in [0, 0.1) is 55.4 Å². The van der Waals surface area contributed by atoms with Crippen molar-refractivity contribution in [3.05, 3.63) is 155 Å². The van der Waals surface area contributed by atoms with Gasteiger partial charge in [-0.2, -0.15) is 0 Å². The maximum Gasteiger partial charge on any atom is 0.223 e. The third-order valence-corrected chi connectivity index (χ3v) is 21.1. The van der Waals surface area contributed by atoms with Crippen LogP contribution in [-0.4, -0.2) is 220 Å². The molecule has 3 saturated heterocycles. The van der Waals surface area contributed by atoms with Gasteiger partial charge in [-0.15, -0.1) is 0 Å². The van der Waals surface area contributed by atoms with Crippen molar-refractivity contribution in [2.75, 3.05) is 109 Å². The number of rotatable bonds is 25. The summed E-state index contributed by atoms with van der Waals surface area (Å²) < 4.78 is 48.4. The molecule has 29 heteroatoms. The SMILES string of the molecule is C=S(C)(=O)[C@@H]1CCN(c2nc(-c3cccc(OCC(O)CNC)c3)nc(-c3c(C)noc3C)c2C)C1.CNCC(O)COc1cccc(-c2nc(-c3c(C)noc3C)c(C)c(N3CCN4C(=O)CC[C@@H]4C3)n2)c1.CNCC(O)COc1cccc(-c2nc(-c3c(C)noc3C)cc(-c3cnc4ccccn34)n2)c1. The van der Waals surface area contributed by atoms with Crippen LogP contribution < -0.4 is 40.0 Å². The van der Waals surface area contributed by atoms with Gasteiger partial charge in [0.2, 0.25) is 5.91 Å². The second-order valence-corrected chi connectivity index (χ2v) is 30.4. The van der Waals surface area contributed by atoms with Crippen molar-refractivity contribution in [2.45, 2.75) is 104 Å². The third kappa shape index (κ3) is 17.7. The number of fused-ring (bicyclic) bond motifs is 2. The summed E-state index contributed by atoms with van der Waals surface area (Å²) in [7, 11) is 3.20. The summed E-state index contributed by atoms with van der Waals surface area (Å²) in [5, 5.41) is 51.2. The first-order chi connectivity index (χ1) is 52.0. The fourth-order valence-corrected chi connectivity index (χ4v) is 14.9. The fraction of sp³-hybridized carbons (Fsp3) is 0.392. The van der Waals surface area contributed by atoms with Crippen molar-refractivity contribution in [2.24, 2.45) is 0 Å². The van der Waals surface area contributed by atoms with E-state index in [2.05, 4.69) is 52.1 Å². The van der Waals surface area contributed by atoms with Crippen LogP contribution in [0.4, 0.5) is 11.6 Å². The molecular weight excluding hydrogens is 1400 g/mol. The largest absolute Gasteiger partial charge is 0.491 e. The molecule has 4 unspecified atom stereocenters. The summed E-state index contributed by atoms with van der Waals surface area (Å²) in [6.45, 7) is 20.8. The molecule has 8 aromatic heterocycles. The fourth-order valence-electron chi connectivity index (χ4n) is 13.8. The van der Waals surface area contributed by atoms with Gasteiger partial charge in [0, 0.05) is 110 Å². The molecule has 3 fully saturated rings. The number of piperazine rings is 1. The van der Waals surface area contributed by atoms with Gasteiger partial charge < -0.3 is 73.7 Å². The van der Waals surface area contributed by atoms with Crippen LogP contribution in [0.5, 0.6) is 17.2 Å². The van der Waals surface area contributed by atoms with Gasteiger partial charge in [-0.1, -0.05) is 57.9 Å². The van der Waals surface area contributed by atoms with Crippen molar-refractivity contribution < 1.29 is 52.1 Å². The summed E-state index contributed by atoms with van der Waals surface area (Å²) in [6, 6.07) is 30.7. The zero-order chi connectivity index (χ0) is 76.5. The van der Waals surface area contributed by atoms with E-state index in [1.165, 1.54) is 0 Å². The molecule has 0 saturated carbocycles. The molecule has 0 radical (unpaired) electrons. The van der Waals surface area contributed by atoms with Crippen molar-refractivity contribution in [1.29, 1.82) is 0 Å². The van der Waals surface area contributed by atoms with E-state index < -0.39 is 27.8 Å². The van der Waals surface area contributed by atoms with Crippen LogP contribution in [0.1, 0.15) is 64.8 Å². The molecule has 0 bridgehead atoms. The first-order valence-electron chi connectivity index (χ1n) is 36.1. The Bertz CT molecular complexity index is 5040. The van der Waals surface area contributed by atoms with E-state index in [-0.39, 0.29) is 37.0 Å². The molecule has 11 heterocycles. The lowest BCUT2D eigenvalue weighted by molar-refractivity contribution is -0.129. The van der Waals surface area contributed by atoms with Gasteiger partial charge in [0.05, 0.1) is 68.4 Å². The molecule has 568 valence electrons. The van der Waals surface area contributed by atoms with E-state index in [4.69, 9.17) is 57.7 Å². The third-order valence-electron chi connectivity index (χ3n) is 19.3. The predicted octanol–water partition coefficient (Wildman–Crippen LogP) is 8.79. The van der Waals surface area contributed by atoms with Crippen LogP contribution >= 0.6 is 0 Å². The Morgan fingerprint density at radius 3 is 1.47 bits per heavy atom. The minimum Gasteiger partial charge on any atom is -0.491 e. The van der Waals surface area contributed by atoms with Crippen LogP contribution in [-0.2, 0) is 14.3 Å². The van der Waals surface area contributed by atoms with Crippen LogP contribution in [0.3, 0.4) is 0 Å². The first-order valence-corrected chi connectivity index (χ1v) is 38.3. The zero-order valence-corrected chi connectivity index (χ0v) is 64.0. The van der Waals surface area contributed by atoms with E-state index in [0.717, 1.165) is 128 Å². The first kappa shape index (κ1) is 77.1. The molecule has 14 rings (SSSR count). The maximum atomic E-state index is 12.6. The van der Waals surface area contributed by atoms with E-state index in [9.17, 15) is 24.3 Å². The van der Waals surface area contributed by atoms with E-state index >= 15 is 0 Å². The number of imidazole rings is 1. The monoisotopic (exact) mass is 1490 g/mol. The van der Waals surface area contributed by atoms with Gasteiger partial charge >= 0.3 is 0 Å². The number of hydrogen-bond acceptors (Lipinski definition) is 26. The van der Waals surface area contributed by atoms with E-state index in [1.807, 2.05) is 168 Å². The number of amides is 1. The van der Waals surface area contributed by atoms with Crippen molar-refractivity contribution in [1.82, 2.24) is 75.6 Å². The van der Waals surface area contributed by atoms with Crippen molar-refractivity contribution >= 4 is 38.6 Å². The lowest BCUT2D eigenvalue weighted by atomic mass is 10.0. The number of aromatic nitrogens is 11. The number of nitrogens with one attached hydrogen (secondary N) is 3. The number of carbonyl (C=O) groups excluding carboxylic acids is 1. The number of benzene rings is 3. The summed E-state index contributed by atoms with van der Waals surface area (Å²) in [5.74, 6) is 11.4. The molecule has 3 aliphatic rings. The minimum atomic E-state index is -2.16. The second-order valence-electron chi connectivity index (χ2n) is 27.6. The van der Waals surface area contributed by atoms with Gasteiger partial charge in [-0.3, -0.25) is 13.4 Å². The lowest BCUT2D eigenvalue weighted by Gasteiger charge is -2.39. The number of aryl methyl sites for hydroxylation is 6. The molecule has 0 spiro atoms. The summed E-state index contributed by atoms with van der Waals surface area (Å²) in [5.41, 5.74) is 13.8. The number of aliphatic hydroxyl groups excluding tert-OH is 3. The highest BCUT2D eigenvalue weighted by molar-refractivity contribution is 8.00. The summed E-state index contributed by atoms with van der Waals surface area (Å²) in [4.78, 5) is 52.9. The van der Waals surface area contributed by atoms with E-state index in [1.54, 1.807) is 33.6 Å². The van der Waals surface area contributed by atoms with Crippen LogP contribution in [0.25, 0.3) is 85.0 Å². The van der Waals surface area contributed by atoms with Crippen molar-refractivity contribution in [3.8, 4) is 96.6 Å². The van der Waals surface area contributed by atoms with Gasteiger partial charge in [0.1, 0.15) is 89.9 Å². The number of anilines is 2. The molecule has 1 amide bonds. The average molecular weight is 1490 g/mol. The van der Waals surface area contributed by atoms with Gasteiger partial charge in [-0.25, -0.2) is 34.9 Å². The molecule has 6 atom stereocenters. The highest BCUT2D eigenvalue weighted by Gasteiger charge is 2.38. The maximum absolute atomic E-state index is 12.6. The molecule has 11 aromatic rings. The molecule has 28 nitrogen and oxygen atoms in total. The van der Waals surface area contributed by atoms with Gasteiger partial charge in [0.15, 0.2) is 17.5 Å². The number of carbonyl (C=O) groups is 1. The standard InChI is InChI=1S/C27H34N6O4.C26H26N6O3.C26H35N5O4S/c1-16-25(24-17(2)31-37-18(24)3)29-26(19-6-5-7-22(12-19)36-15-21(34)13-28-4)30-27(16)32-10-11-33-20(14-32)8-9-23(33)35;1-16-25(17(2)35-31-16)22-12-21(23-14-28-24-9-4-5-10-32(23)24)29-26(30-22)18-7-6-8-20(11-18)34-15-19(33)13-27-3;1-16-24(23-17(2)30-35-18(23)3)28-25(29-26(16)31-11-10-22(14-31)36(5,6)33)19-8-7-9-21(12-19)34-15-20(32)13-27-4/h5-7,12,20-21,28,34H,8-11,13-15H2,1-4H3;4-12,14,19,27,33H,13,15H2,1-3H3;7-9,12,20,22,27,32H,5,10-11,13-15H2,1-4,6H3/t20-,21?;;20?,22-,36?/m1.1/s1. The number of nitrogens with zero attached hydrogens (tertiary/aromatic N) is 14. The molecule has 6 N–H and O–H groups in total. The Labute approximate surface area is 628 Å². The zero-order valence-electron chi connectivity index (χ0n) is 63.2. The minimum absolute atomic E-state index is 0.0126. The Balaban J connectivity index is 0.000000151. The summed E-state index contributed by atoms with van der Waals surface area (Å²) >= 11 is 0. The molecule has 3 aliphatic heterocycles. The molecule has 0 aliphatic carbocycles. The highest BCUT2D eigenvalue weighted by Crippen LogP contribution is 2.40. The Kier molecular flexibility index (Phi) is 24.4. The average Bonchev–Trinajstić information content (AvgIpc) is 1.37. The molecule has 108 heavy (non-hydrogen) atoms. The smallest absolute Gasteiger partial charge is 0.223 e. The van der Waals surface area contributed by atoms with Crippen LogP contribution in [0.15, 0.2) is 123 Å². The predicted molar refractivity (Wildman–Crippen MR) is 416 cm³/mol. The summed E-state index contributed by atoms with van der Waals surface area (Å²) in [6.07, 6.45) is 5.96. The number of hydrogen-bond donors (Lipinski definition) is 6. The highest BCUT2D eigenvalue weighted by atomic mass is 32.2. The number of ether oxygens (including phenoxy) is 3. The Morgan fingerprint density at radius 2 is 1.02 bits per heavy atom. The van der Waals surface area contributed by atoms with Gasteiger partial charge in [-0.05, 0) is 159 Å². The quantitative estimate of drug-likeness (QED) is 0.0291. The Hall–Kier alpha value is -10.5. The number of likely N-dealkylation sites (N-methyl/N-ethyl adjacent to an activating group) is 3. The van der Waals surface area contributed by atoms with Gasteiger partial charge in [0.25, 0.3) is 0 Å². The normalized spacial score (nSPS) is 16.3. The number of pyridine rings is 1.